The molecule has 3 nitrogen and oxygen atoms in total. The minimum Gasteiger partial charge on any atom is -0.207 e. The molecule has 1 atom stereocenters. The van der Waals surface area contributed by atoms with E-state index in [1.54, 1.807) is 12.1 Å². The number of nitrogens with one attached hydrogen (secondary N) is 1. The highest BCUT2D eigenvalue weighted by Crippen LogP contribution is 2.39. The summed E-state index contributed by atoms with van der Waals surface area (Å²) in [5, 5.41) is 0. The molecule has 1 aliphatic heterocycles. The molecular weight excluding hydrogens is 210 g/mol. The van der Waals surface area contributed by atoms with Gasteiger partial charge in [0.05, 0.1) is 10.4 Å². The molecule has 0 saturated heterocycles. The smallest absolute Gasteiger partial charge is 0.207 e. The molecule has 1 aromatic rings. The molecule has 1 N–H and O–H groups in total. The summed E-state index contributed by atoms with van der Waals surface area (Å²) in [5.41, 5.74) is 0.398. The normalized spacial score (nSPS) is 28.0. The number of rotatable bonds is 1. The van der Waals surface area contributed by atoms with Crippen LogP contribution < -0.4 is 4.72 Å². The van der Waals surface area contributed by atoms with Crippen molar-refractivity contribution in [1.29, 1.82) is 0 Å². The molecule has 1 aromatic carbocycles. The molecule has 1 unspecified atom stereocenters. The highest BCUT2D eigenvalue weighted by Gasteiger charge is 2.44. The number of fused-ring (bicyclic) bond motifs is 1. The SMILES string of the molecule is CC(C)C1(C)NS(=O)(=O)c2ccccc21. The van der Waals surface area contributed by atoms with Crippen LogP contribution >= 0.6 is 0 Å². The first-order valence-corrected chi connectivity index (χ1v) is 6.50. The molecule has 15 heavy (non-hydrogen) atoms. The summed E-state index contributed by atoms with van der Waals surface area (Å²) < 4.78 is 26.5. The standard InChI is InChI=1S/C11H15NO2S/c1-8(2)11(3)9-6-4-5-7-10(9)15(13,14)12-11/h4-8,12H,1-3H3. The van der Waals surface area contributed by atoms with Crippen LogP contribution in [-0.2, 0) is 15.6 Å². The molecule has 0 fully saturated rings. The summed E-state index contributed by atoms with van der Waals surface area (Å²) in [5.74, 6) is 0.218. The summed E-state index contributed by atoms with van der Waals surface area (Å²) in [4.78, 5) is 0.418. The zero-order chi connectivity index (χ0) is 11.3. The molecule has 1 heterocycles. The van der Waals surface area contributed by atoms with Crippen LogP contribution in [0.3, 0.4) is 0 Å². The topological polar surface area (TPSA) is 46.2 Å². The maximum Gasteiger partial charge on any atom is 0.241 e. The first kappa shape index (κ1) is 10.6. The summed E-state index contributed by atoms with van der Waals surface area (Å²) in [7, 11) is -3.31. The van der Waals surface area contributed by atoms with Crippen molar-refractivity contribution in [3.05, 3.63) is 29.8 Å². The summed E-state index contributed by atoms with van der Waals surface area (Å²) in [6, 6.07) is 7.17. The first-order chi connectivity index (χ1) is 6.88. The van der Waals surface area contributed by atoms with Crippen LogP contribution in [0.2, 0.25) is 0 Å². The van der Waals surface area contributed by atoms with Gasteiger partial charge in [-0.3, -0.25) is 0 Å². The Kier molecular flexibility index (Phi) is 2.17. The number of sulfonamides is 1. The van der Waals surface area contributed by atoms with Gasteiger partial charge in [-0.2, -0.15) is 0 Å². The largest absolute Gasteiger partial charge is 0.241 e. The highest BCUT2D eigenvalue weighted by atomic mass is 32.2. The van der Waals surface area contributed by atoms with Crippen LogP contribution in [0, 0.1) is 5.92 Å². The van der Waals surface area contributed by atoms with Gasteiger partial charge in [0.15, 0.2) is 0 Å². The Morgan fingerprint density at radius 3 is 2.47 bits per heavy atom. The molecule has 1 aliphatic rings. The Morgan fingerprint density at radius 1 is 1.27 bits per heavy atom. The molecule has 0 radical (unpaired) electrons. The molecular formula is C11H15NO2S. The van der Waals surface area contributed by atoms with Gasteiger partial charge in [0.25, 0.3) is 0 Å². The average Bonchev–Trinajstić information content (AvgIpc) is 2.37. The quantitative estimate of drug-likeness (QED) is 0.792. The second kappa shape index (κ2) is 3.06. The third-order valence-corrected chi connectivity index (χ3v) is 4.86. The van der Waals surface area contributed by atoms with Gasteiger partial charge in [0.1, 0.15) is 0 Å². The summed E-state index contributed by atoms with van der Waals surface area (Å²) in [6.45, 7) is 5.97. The third-order valence-electron chi connectivity index (χ3n) is 3.24. The van der Waals surface area contributed by atoms with E-state index >= 15 is 0 Å². The van der Waals surface area contributed by atoms with E-state index in [2.05, 4.69) is 4.72 Å². The zero-order valence-corrected chi connectivity index (χ0v) is 9.93. The highest BCUT2D eigenvalue weighted by molar-refractivity contribution is 7.89. The second-order valence-electron chi connectivity index (χ2n) is 4.46. The Balaban J connectivity index is 2.72. The maximum atomic E-state index is 11.9. The van der Waals surface area contributed by atoms with Crippen molar-refractivity contribution in [2.24, 2.45) is 5.92 Å². The van der Waals surface area contributed by atoms with Crippen LogP contribution in [-0.4, -0.2) is 8.42 Å². The van der Waals surface area contributed by atoms with E-state index < -0.39 is 15.6 Å². The predicted molar refractivity (Wildman–Crippen MR) is 59.0 cm³/mol. The van der Waals surface area contributed by atoms with Crippen molar-refractivity contribution in [3.63, 3.8) is 0 Å². The van der Waals surface area contributed by atoms with Gasteiger partial charge in [-0.1, -0.05) is 32.0 Å². The molecule has 0 saturated carbocycles. The van der Waals surface area contributed by atoms with Crippen molar-refractivity contribution in [1.82, 2.24) is 4.72 Å². The van der Waals surface area contributed by atoms with Crippen LogP contribution in [0.15, 0.2) is 29.2 Å². The fourth-order valence-corrected chi connectivity index (χ4v) is 3.79. The maximum absolute atomic E-state index is 11.9. The van der Waals surface area contributed by atoms with Crippen LogP contribution in [0.25, 0.3) is 0 Å². The van der Waals surface area contributed by atoms with E-state index in [0.29, 0.717) is 4.90 Å². The van der Waals surface area contributed by atoms with Gasteiger partial charge in [-0.25, -0.2) is 13.1 Å². The van der Waals surface area contributed by atoms with Crippen molar-refractivity contribution < 1.29 is 8.42 Å². The van der Waals surface area contributed by atoms with Crippen LogP contribution in [0.4, 0.5) is 0 Å². The van der Waals surface area contributed by atoms with Crippen molar-refractivity contribution in [3.8, 4) is 0 Å². The van der Waals surface area contributed by atoms with Gasteiger partial charge in [0.2, 0.25) is 10.0 Å². The van der Waals surface area contributed by atoms with E-state index in [1.165, 1.54) is 0 Å². The van der Waals surface area contributed by atoms with Gasteiger partial charge in [0, 0.05) is 0 Å². The zero-order valence-electron chi connectivity index (χ0n) is 9.11. The molecule has 0 aromatic heterocycles. The van der Waals surface area contributed by atoms with E-state index in [0.717, 1.165) is 5.56 Å². The van der Waals surface area contributed by atoms with E-state index in [1.807, 2.05) is 32.9 Å². The van der Waals surface area contributed by atoms with Gasteiger partial charge >= 0.3 is 0 Å². The van der Waals surface area contributed by atoms with E-state index in [4.69, 9.17) is 0 Å². The summed E-state index contributed by atoms with van der Waals surface area (Å²) in [6.07, 6.45) is 0. The number of hydrogen-bond donors (Lipinski definition) is 1. The second-order valence-corrected chi connectivity index (χ2v) is 6.11. The van der Waals surface area contributed by atoms with Crippen molar-refractivity contribution >= 4 is 10.0 Å². The lowest BCUT2D eigenvalue weighted by Crippen LogP contribution is -2.40. The van der Waals surface area contributed by atoms with Gasteiger partial charge in [-0.15, -0.1) is 0 Å². The average molecular weight is 225 g/mol. The van der Waals surface area contributed by atoms with E-state index in [9.17, 15) is 8.42 Å². The predicted octanol–water partition coefficient (Wildman–Crippen LogP) is 1.85. The lowest BCUT2D eigenvalue weighted by atomic mass is 9.83. The molecule has 82 valence electrons. The molecule has 0 spiro atoms. The van der Waals surface area contributed by atoms with E-state index in [-0.39, 0.29) is 5.92 Å². The number of benzene rings is 1. The minimum atomic E-state index is -3.31. The Morgan fingerprint density at radius 2 is 1.87 bits per heavy atom. The Labute approximate surface area is 90.6 Å². The lowest BCUT2D eigenvalue weighted by Gasteiger charge is -2.28. The number of hydrogen-bond acceptors (Lipinski definition) is 2. The lowest BCUT2D eigenvalue weighted by molar-refractivity contribution is 0.322. The van der Waals surface area contributed by atoms with Crippen molar-refractivity contribution in [2.45, 2.75) is 31.2 Å². The van der Waals surface area contributed by atoms with Gasteiger partial charge in [-0.05, 0) is 24.5 Å². The first-order valence-electron chi connectivity index (χ1n) is 5.01. The fraction of sp³-hybridized carbons (Fsp3) is 0.455. The third kappa shape index (κ3) is 1.40. The monoisotopic (exact) mass is 225 g/mol. The molecule has 2 rings (SSSR count). The summed E-state index contributed by atoms with van der Waals surface area (Å²) >= 11 is 0. The molecule has 0 aliphatic carbocycles. The minimum absolute atomic E-state index is 0.218. The van der Waals surface area contributed by atoms with Crippen LogP contribution in [0.5, 0.6) is 0 Å². The molecule has 0 amide bonds. The Bertz CT molecular complexity index is 493. The van der Waals surface area contributed by atoms with Gasteiger partial charge < -0.3 is 0 Å². The molecule has 0 bridgehead atoms. The fourth-order valence-electron chi connectivity index (χ4n) is 1.95. The Hall–Kier alpha value is -0.870. The van der Waals surface area contributed by atoms with Crippen LogP contribution in [0.1, 0.15) is 26.3 Å². The van der Waals surface area contributed by atoms with Crippen molar-refractivity contribution in [2.75, 3.05) is 0 Å². The molecule has 4 heteroatoms.